The van der Waals surface area contributed by atoms with E-state index >= 15 is 0 Å². The fourth-order valence-electron chi connectivity index (χ4n) is 2.34. The molecule has 0 amide bonds. The summed E-state index contributed by atoms with van der Waals surface area (Å²) in [5.41, 5.74) is 7.50. The average molecular weight is 253 g/mol. The summed E-state index contributed by atoms with van der Waals surface area (Å²) >= 11 is 1.77. The van der Waals surface area contributed by atoms with Gasteiger partial charge >= 0.3 is 0 Å². The van der Waals surface area contributed by atoms with Crippen molar-refractivity contribution in [3.05, 3.63) is 15.6 Å². The number of aromatic nitrogens is 1. The number of aryl methyl sites for hydroxylation is 2. The van der Waals surface area contributed by atoms with Crippen LogP contribution in [0.5, 0.6) is 0 Å². The molecule has 0 unspecified atom stereocenters. The van der Waals surface area contributed by atoms with Gasteiger partial charge in [-0.25, -0.2) is 4.98 Å². The van der Waals surface area contributed by atoms with Gasteiger partial charge in [-0.2, -0.15) is 0 Å². The maximum absolute atomic E-state index is 6.55. The Balaban J connectivity index is 2.11. The lowest BCUT2D eigenvalue weighted by molar-refractivity contribution is 0.131. The molecule has 0 aromatic carbocycles. The Kier molecular flexibility index (Phi) is 3.57. The Labute approximate surface area is 108 Å². The van der Waals surface area contributed by atoms with Crippen LogP contribution in [0.4, 0.5) is 0 Å². The zero-order valence-corrected chi connectivity index (χ0v) is 12.1. The van der Waals surface area contributed by atoms with E-state index < -0.39 is 0 Å². The normalized spacial score (nSPS) is 21.1. The summed E-state index contributed by atoms with van der Waals surface area (Å²) in [6.07, 6.45) is 2.05. The molecule has 1 aromatic rings. The van der Waals surface area contributed by atoms with Crippen LogP contribution < -0.4 is 5.73 Å². The highest BCUT2D eigenvalue weighted by molar-refractivity contribution is 7.11. The van der Waals surface area contributed by atoms with E-state index in [-0.39, 0.29) is 5.54 Å². The topological polar surface area (TPSA) is 42.1 Å². The number of piperidine rings is 1. The molecule has 17 heavy (non-hydrogen) atoms. The average Bonchev–Trinajstić information content (AvgIpc) is 2.60. The lowest BCUT2D eigenvalue weighted by atomic mass is 9.89. The number of likely N-dealkylation sites (tertiary alicyclic amines) is 1. The maximum atomic E-state index is 6.55. The molecule has 1 saturated heterocycles. The van der Waals surface area contributed by atoms with E-state index in [1.165, 1.54) is 4.88 Å². The standard InChI is InChI=1S/C13H23N3S/c1-9(2)16-7-5-13(14,6-8-16)12-15-10(3)11(4)17-12/h9H,5-8,14H2,1-4H3. The summed E-state index contributed by atoms with van der Waals surface area (Å²) in [7, 11) is 0. The molecule has 2 heterocycles. The Morgan fingerprint density at radius 2 is 1.88 bits per heavy atom. The molecule has 1 aliphatic heterocycles. The van der Waals surface area contributed by atoms with Crippen LogP contribution in [0.3, 0.4) is 0 Å². The monoisotopic (exact) mass is 253 g/mol. The van der Waals surface area contributed by atoms with Crippen molar-refractivity contribution in [3.63, 3.8) is 0 Å². The van der Waals surface area contributed by atoms with Crippen molar-refractivity contribution >= 4 is 11.3 Å². The van der Waals surface area contributed by atoms with E-state index in [4.69, 9.17) is 5.73 Å². The second kappa shape index (κ2) is 4.67. The minimum Gasteiger partial charge on any atom is -0.319 e. The molecular formula is C13H23N3S. The second-order valence-electron chi connectivity index (χ2n) is 5.45. The number of nitrogens with zero attached hydrogens (tertiary/aromatic N) is 2. The van der Waals surface area contributed by atoms with E-state index in [2.05, 4.69) is 37.6 Å². The molecule has 2 rings (SSSR count). The van der Waals surface area contributed by atoms with Crippen LogP contribution in [0.2, 0.25) is 0 Å². The van der Waals surface area contributed by atoms with Crippen molar-refractivity contribution in [3.8, 4) is 0 Å². The first-order valence-corrected chi connectivity index (χ1v) is 7.21. The van der Waals surface area contributed by atoms with Gasteiger partial charge in [-0.1, -0.05) is 0 Å². The smallest absolute Gasteiger partial charge is 0.113 e. The zero-order chi connectivity index (χ0) is 12.6. The zero-order valence-electron chi connectivity index (χ0n) is 11.3. The van der Waals surface area contributed by atoms with Gasteiger partial charge in [-0.3, -0.25) is 0 Å². The van der Waals surface area contributed by atoms with Crippen molar-refractivity contribution in [2.24, 2.45) is 5.73 Å². The minimum atomic E-state index is -0.185. The summed E-state index contributed by atoms with van der Waals surface area (Å²) in [6.45, 7) is 10.9. The Bertz CT molecular complexity index is 370. The van der Waals surface area contributed by atoms with Gasteiger partial charge in [0.1, 0.15) is 5.01 Å². The SMILES string of the molecule is Cc1nc(C2(N)CCN(C(C)C)CC2)sc1C. The van der Waals surface area contributed by atoms with Gasteiger partial charge in [-0.15, -0.1) is 11.3 Å². The van der Waals surface area contributed by atoms with E-state index in [1.807, 2.05) is 0 Å². The van der Waals surface area contributed by atoms with Crippen LogP contribution in [0, 0.1) is 13.8 Å². The van der Waals surface area contributed by atoms with E-state index in [0.717, 1.165) is 36.6 Å². The van der Waals surface area contributed by atoms with Gasteiger partial charge in [-0.05, 0) is 40.5 Å². The molecule has 0 aliphatic carbocycles. The molecule has 1 aliphatic rings. The number of hydrogen-bond donors (Lipinski definition) is 1. The van der Waals surface area contributed by atoms with Crippen molar-refractivity contribution in [2.75, 3.05) is 13.1 Å². The quantitative estimate of drug-likeness (QED) is 0.880. The predicted octanol–water partition coefficient (Wildman–Crippen LogP) is 2.42. The number of hydrogen-bond acceptors (Lipinski definition) is 4. The third kappa shape index (κ3) is 2.54. The molecular weight excluding hydrogens is 230 g/mol. The maximum Gasteiger partial charge on any atom is 0.113 e. The third-order valence-corrected chi connectivity index (χ3v) is 5.17. The van der Waals surface area contributed by atoms with Gasteiger partial charge in [0, 0.05) is 24.0 Å². The second-order valence-corrected chi connectivity index (χ2v) is 6.65. The first-order chi connectivity index (χ1) is 7.92. The van der Waals surface area contributed by atoms with Gasteiger partial charge in [0.25, 0.3) is 0 Å². The molecule has 0 saturated carbocycles. The molecule has 4 heteroatoms. The Hall–Kier alpha value is -0.450. The fraction of sp³-hybridized carbons (Fsp3) is 0.769. The number of thiazole rings is 1. The van der Waals surface area contributed by atoms with Crippen LogP contribution >= 0.6 is 11.3 Å². The Morgan fingerprint density at radius 1 is 1.29 bits per heavy atom. The van der Waals surface area contributed by atoms with Crippen LogP contribution in [-0.2, 0) is 5.54 Å². The van der Waals surface area contributed by atoms with Crippen molar-refractivity contribution in [2.45, 2.75) is 52.1 Å². The summed E-state index contributed by atoms with van der Waals surface area (Å²) in [5.74, 6) is 0. The predicted molar refractivity (Wildman–Crippen MR) is 73.4 cm³/mol. The van der Waals surface area contributed by atoms with Crippen molar-refractivity contribution < 1.29 is 0 Å². The van der Waals surface area contributed by atoms with Crippen LogP contribution in [-0.4, -0.2) is 29.0 Å². The van der Waals surface area contributed by atoms with E-state index in [0.29, 0.717) is 6.04 Å². The molecule has 3 nitrogen and oxygen atoms in total. The van der Waals surface area contributed by atoms with Crippen LogP contribution in [0.1, 0.15) is 42.3 Å². The first-order valence-electron chi connectivity index (χ1n) is 6.40. The van der Waals surface area contributed by atoms with Crippen molar-refractivity contribution in [1.29, 1.82) is 0 Å². The Morgan fingerprint density at radius 3 is 2.29 bits per heavy atom. The molecule has 0 spiro atoms. The summed E-state index contributed by atoms with van der Waals surface area (Å²) in [4.78, 5) is 8.45. The van der Waals surface area contributed by atoms with E-state index in [9.17, 15) is 0 Å². The van der Waals surface area contributed by atoms with E-state index in [1.54, 1.807) is 11.3 Å². The largest absolute Gasteiger partial charge is 0.319 e. The van der Waals surface area contributed by atoms with Gasteiger partial charge in [0.2, 0.25) is 0 Å². The molecule has 1 aromatic heterocycles. The number of rotatable bonds is 2. The lowest BCUT2D eigenvalue weighted by Gasteiger charge is -2.39. The molecule has 2 N–H and O–H groups in total. The molecule has 0 atom stereocenters. The third-order valence-electron chi connectivity index (χ3n) is 3.88. The minimum absolute atomic E-state index is 0.185. The summed E-state index contributed by atoms with van der Waals surface area (Å²) < 4.78 is 0. The van der Waals surface area contributed by atoms with Crippen LogP contribution in [0.25, 0.3) is 0 Å². The number of nitrogens with two attached hydrogens (primary N) is 1. The van der Waals surface area contributed by atoms with Gasteiger partial charge < -0.3 is 10.6 Å². The molecule has 1 fully saturated rings. The molecule has 0 radical (unpaired) electrons. The summed E-state index contributed by atoms with van der Waals surface area (Å²) in [5, 5.41) is 1.14. The van der Waals surface area contributed by atoms with Crippen molar-refractivity contribution in [1.82, 2.24) is 9.88 Å². The highest BCUT2D eigenvalue weighted by Gasteiger charge is 2.35. The van der Waals surface area contributed by atoms with Gasteiger partial charge in [0.05, 0.1) is 11.2 Å². The highest BCUT2D eigenvalue weighted by atomic mass is 32.1. The van der Waals surface area contributed by atoms with Gasteiger partial charge in [0.15, 0.2) is 0 Å². The fourth-order valence-corrected chi connectivity index (χ4v) is 3.41. The lowest BCUT2D eigenvalue weighted by Crippen LogP contribution is -2.49. The highest BCUT2D eigenvalue weighted by Crippen LogP contribution is 2.34. The summed E-state index contributed by atoms with van der Waals surface area (Å²) in [6, 6.07) is 0.624. The first kappa shape index (κ1) is 13.0. The molecule has 96 valence electrons. The van der Waals surface area contributed by atoms with Crippen LogP contribution in [0.15, 0.2) is 0 Å². The molecule has 0 bridgehead atoms.